The number of rotatable bonds is 6. The van der Waals surface area contributed by atoms with Crippen molar-refractivity contribution in [3.8, 4) is 0 Å². The number of anilines is 1. The minimum Gasteiger partial charge on any atom is -0.548 e. The molecule has 0 unspecified atom stereocenters. The highest BCUT2D eigenvalue weighted by atomic mass is 32.2. The van der Waals surface area contributed by atoms with Gasteiger partial charge >= 0.3 is 0 Å². The lowest BCUT2D eigenvalue weighted by molar-refractivity contribution is -0.307. The van der Waals surface area contributed by atoms with Gasteiger partial charge in [0.2, 0.25) is 5.91 Å². The number of carbonyl (C=O) groups excluding carboxylic acids is 3. The number of thiocarbonyl (C=S) groups is 1. The number of nitrogens with one attached hydrogen (secondary N) is 1. The number of thioether (sulfide) groups is 1. The third-order valence-corrected chi connectivity index (χ3v) is 4.99. The molecule has 1 aliphatic rings. The number of carbonyl (C=O) groups is 3. The molecule has 0 aliphatic carbocycles. The van der Waals surface area contributed by atoms with E-state index in [1.54, 1.807) is 6.08 Å². The van der Waals surface area contributed by atoms with Gasteiger partial charge in [-0.3, -0.25) is 14.5 Å². The summed E-state index contributed by atoms with van der Waals surface area (Å²) in [7, 11) is 3.87. The summed E-state index contributed by atoms with van der Waals surface area (Å²) in [5.74, 6) is -2.40. The molecule has 9 heteroatoms. The Morgan fingerprint density at radius 3 is 2.50 bits per heavy atom. The summed E-state index contributed by atoms with van der Waals surface area (Å²) in [6, 6.07) is 6.49. The third kappa shape index (κ3) is 4.83. The number of carboxylic acids is 1. The number of hydrogen-bond acceptors (Lipinski definition) is 7. The van der Waals surface area contributed by atoms with Crippen LogP contribution in [0.5, 0.6) is 0 Å². The number of benzene rings is 1. The molecule has 1 fully saturated rings. The van der Waals surface area contributed by atoms with Crippen LogP contribution in [0.1, 0.15) is 12.5 Å². The third-order valence-electron chi connectivity index (χ3n) is 3.61. The Kier molecular flexibility index (Phi) is 6.38. The molecular weight excluding hydrogens is 374 g/mol. The second-order valence-electron chi connectivity index (χ2n) is 5.86. The molecule has 2 amide bonds. The van der Waals surface area contributed by atoms with Crippen molar-refractivity contribution < 1.29 is 19.5 Å². The number of amides is 2. The van der Waals surface area contributed by atoms with E-state index in [0.29, 0.717) is 4.91 Å². The molecule has 0 bridgehead atoms. The molecule has 0 spiro atoms. The topological polar surface area (TPSA) is 92.8 Å². The second-order valence-corrected chi connectivity index (χ2v) is 7.54. The summed E-state index contributed by atoms with van der Waals surface area (Å²) in [5, 5.41) is 12.9. The highest BCUT2D eigenvalue weighted by Gasteiger charge is 2.33. The Morgan fingerprint density at radius 2 is 1.96 bits per heavy atom. The van der Waals surface area contributed by atoms with Crippen LogP contribution in [0.2, 0.25) is 0 Å². The number of hydrogen-bond donors (Lipinski definition) is 1. The first-order valence-electron chi connectivity index (χ1n) is 7.72. The van der Waals surface area contributed by atoms with Crippen LogP contribution in [0, 0.1) is 0 Å². The van der Waals surface area contributed by atoms with Gasteiger partial charge in [0, 0.05) is 19.8 Å². The summed E-state index contributed by atoms with van der Waals surface area (Å²) in [6.45, 7) is 0.952. The second kappa shape index (κ2) is 8.33. The van der Waals surface area contributed by atoms with Crippen molar-refractivity contribution >= 4 is 57.8 Å². The normalized spacial score (nSPS) is 16.7. The lowest BCUT2D eigenvalue weighted by Crippen LogP contribution is -2.49. The lowest BCUT2D eigenvalue weighted by atomic mass is 10.2. The molecule has 1 heterocycles. The quantitative estimate of drug-likeness (QED) is 0.546. The fourth-order valence-electron chi connectivity index (χ4n) is 2.15. The smallest absolute Gasteiger partial charge is 0.266 e. The average molecular weight is 392 g/mol. The molecule has 1 aliphatic heterocycles. The fraction of sp³-hybridized carbons (Fsp3) is 0.294. The maximum atomic E-state index is 12.5. The first-order valence-corrected chi connectivity index (χ1v) is 8.94. The van der Waals surface area contributed by atoms with Gasteiger partial charge in [-0.05, 0) is 30.7 Å². The fourth-order valence-corrected chi connectivity index (χ4v) is 3.40. The van der Waals surface area contributed by atoms with E-state index in [2.05, 4.69) is 5.32 Å². The van der Waals surface area contributed by atoms with E-state index in [0.717, 1.165) is 27.9 Å². The zero-order valence-electron chi connectivity index (χ0n) is 14.5. The summed E-state index contributed by atoms with van der Waals surface area (Å²) >= 11 is 6.27. The van der Waals surface area contributed by atoms with Crippen LogP contribution in [0.25, 0.3) is 6.08 Å². The van der Waals surface area contributed by atoms with E-state index in [9.17, 15) is 19.5 Å². The molecule has 1 saturated heterocycles. The minimum absolute atomic E-state index is 0.252. The van der Waals surface area contributed by atoms with E-state index in [4.69, 9.17) is 12.2 Å². The van der Waals surface area contributed by atoms with Crippen LogP contribution >= 0.6 is 24.0 Å². The molecule has 1 N–H and O–H groups in total. The summed E-state index contributed by atoms with van der Waals surface area (Å²) < 4.78 is 0.252. The minimum atomic E-state index is -1.40. The largest absolute Gasteiger partial charge is 0.548 e. The van der Waals surface area contributed by atoms with Crippen LogP contribution in [0.15, 0.2) is 29.2 Å². The predicted octanol–water partition coefficient (Wildman–Crippen LogP) is 0.208. The van der Waals surface area contributed by atoms with Crippen molar-refractivity contribution in [3.63, 3.8) is 0 Å². The van der Waals surface area contributed by atoms with Gasteiger partial charge in [0.1, 0.15) is 10.9 Å². The molecule has 7 nitrogen and oxygen atoms in total. The lowest BCUT2D eigenvalue weighted by Gasteiger charge is -2.18. The van der Waals surface area contributed by atoms with Gasteiger partial charge in [-0.25, -0.2) is 0 Å². The zero-order chi connectivity index (χ0) is 19.4. The Hall–Kier alpha value is -2.39. The van der Waals surface area contributed by atoms with Gasteiger partial charge in [0.05, 0.1) is 16.9 Å². The van der Waals surface area contributed by atoms with Crippen LogP contribution in [-0.2, 0) is 14.4 Å². The van der Waals surface area contributed by atoms with Gasteiger partial charge in [-0.2, -0.15) is 0 Å². The molecule has 138 valence electrons. The van der Waals surface area contributed by atoms with Crippen molar-refractivity contribution in [2.75, 3.05) is 25.5 Å². The Balaban J connectivity index is 2.08. The van der Waals surface area contributed by atoms with E-state index in [1.165, 1.54) is 6.92 Å². The van der Waals surface area contributed by atoms with E-state index < -0.39 is 17.9 Å². The molecule has 1 atom stereocenters. The SMILES string of the molecule is C[C@@H](NC(=O)CN1C(=O)/C(=C\c2ccc(N(C)C)cc2)SC1=S)C(=O)[O-]. The molecule has 0 saturated carbocycles. The van der Waals surface area contributed by atoms with E-state index in [1.807, 2.05) is 43.3 Å². The first kappa shape index (κ1) is 19.9. The van der Waals surface area contributed by atoms with Crippen LogP contribution < -0.4 is 15.3 Å². The van der Waals surface area contributed by atoms with Gasteiger partial charge < -0.3 is 20.1 Å². The predicted molar refractivity (Wildman–Crippen MR) is 103 cm³/mol. The zero-order valence-corrected chi connectivity index (χ0v) is 16.1. The molecule has 26 heavy (non-hydrogen) atoms. The summed E-state index contributed by atoms with van der Waals surface area (Å²) in [4.78, 5) is 38.6. The maximum Gasteiger partial charge on any atom is 0.266 e. The van der Waals surface area contributed by atoms with E-state index in [-0.39, 0.29) is 16.8 Å². The van der Waals surface area contributed by atoms with Crippen molar-refractivity contribution in [2.45, 2.75) is 13.0 Å². The summed E-state index contributed by atoms with van der Waals surface area (Å²) in [6.07, 6.45) is 1.71. The van der Waals surface area contributed by atoms with Gasteiger partial charge in [-0.1, -0.05) is 36.1 Å². The standard InChI is InChI=1S/C17H19N3O4S2/c1-10(16(23)24)18-14(21)9-20-15(22)13(26-17(20)25)8-11-4-6-12(7-5-11)19(2)3/h4-8,10H,9H2,1-3H3,(H,18,21)(H,23,24)/p-1/b13-8+/t10-/m1/s1. The first-order chi connectivity index (χ1) is 12.2. The molecular formula is C17H18N3O4S2-. The van der Waals surface area contributed by atoms with Gasteiger partial charge in [0.25, 0.3) is 5.91 Å². The number of carboxylic acid groups (broad SMARTS) is 1. The van der Waals surface area contributed by atoms with Crippen molar-refractivity contribution in [3.05, 3.63) is 34.7 Å². The highest BCUT2D eigenvalue weighted by Crippen LogP contribution is 2.32. The maximum absolute atomic E-state index is 12.5. The Labute approximate surface area is 161 Å². The van der Waals surface area contributed by atoms with Crippen LogP contribution in [-0.4, -0.2) is 53.7 Å². The van der Waals surface area contributed by atoms with Crippen molar-refractivity contribution in [1.82, 2.24) is 10.2 Å². The monoisotopic (exact) mass is 392 g/mol. The Morgan fingerprint density at radius 1 is 1.35 bits per heavy atom. The van der Waals surface area contributed by atoms with Crippen molar-refractivity contribution in [1.29, 1.82) is 0 Å². The van der Waals surface area contributed by atoms with Crippen LogP contribution in [0.3, 0.4) is 0 Å². The van der Waals surface area contributed by atoms with E-state index >= 15 is 0 Å². The average Bonchev–Trinajstić information content (AvgIpc) is 2.82. The molecule has 0 radical (unpaired) electrons. The number of aliphatic carboxylic acids is 1. The summed E-state index contributed by atoms with van der Waals surface area (Å²) in [5.41, 5.74) is 1.87. The number of nitrogens with zero attached hydrogens (tertiary/aromatic N) is 2. The highest BCUT2D eigenvalue weighted by molar-refractivity contribution is 8.26. The molecule has 1 aromatic rings. The molecule has 1 aromatic carbocycles. The van der Waals surface area contributed by atoms with Crippen LogP contribution in [0.4, 0.5) is 5.69 Å². The molecule has 0 aromatic heterocycles. The van der Waals surface area contributed by atoms with Crippen molar-refractivity contribution in [2.24, 2.45) is 0 Å². The van der Waals surface area contributed by atoms with Gasteiger partial charge in [0.15, 0.2) is 0 Å². The molecule has 2 rings (SSSR count). The Bertz CT molecular complexity index is 775. The van der Waals surface area contributed by atoms with Gasteiger partial charge in [-0.15, -0.1) is 0 Å².